The van der Waals surface area contributed by atoms with Crippen molar-refractivity contribution in [1.29, 1.82) is 0 Å². The van der Waals surface area contributed by atoms with Gasteiger partial charge in [-0.3, -0.25) is 29.3 Å². The van der Waals surface area contributed by atoms with Gasteiger partial charge in [-0.1, -0.05) is 6.08 Å². The predicted molar refractivity (Wildman–Crippen MR) is 259 cm³/mol. The van der Waals surface area contributed by atoms with Crippen LogP contribution in [0.1, 0.15) is 64.7 Å². The molecule has 0 bridgehead atoms. The summed E-state index contributed by atoms with van der Waals surface area (Å²) < 4.78 is 50.6. The Labute approximate surface area is 420 Å². The Hall–Kier alpha value is -5.52. The maximum Gasteiger partial charge on any atom is 0.240 e. The molecule has 0 aromatic carbocycles. The first-order valence-corrected chi connectivity index (χ1v) is 24.4. The molecular weight excluding hydrogens is 941 g/mol. The quantitative estimate of drug-likeness (QED) is 0.0188. The molecule has 2 amide bonds. The van der Waals surface area contributed by atoms with E-state index in [0.29, 0.717) is 86.6 Å². The lowest BCUT2D eigenvalue weighted by Gasteiger charge is -2.36. The molecule has 5 aliphatic carbocycles. The van der Waals surface area contributed by atoms with Crippen LogP contribution in [0.15, 0.2) is 87.1 Å². The fraction of sp³-hybridized carbons (Fsp3) is 0.608. The van der Waals surface area contributed by atoms with E-state index in [1.54, 1.807) is 39.6 Å². The molecule has 0 radical (unpaired) electrons. The number of fused-ring (bicyclic) bond motifs is 3. The number of aldehydes is 2. The zero-order valence-electron chi connectivity index (χ0n) is 42.0. The number of hydrogen-bond acceptors (Lipinski definition) is 19. The topological polar surface area (TPSA) is 256 Å². The molecule has 0 heterocycles. The van der Waals surface area contributed by atoms with Crippen molar-refractivity contribution in [3.05, 3.63) is 82.0 Å². The maximum absolute atomic E-state index is 13.3. The molecule has 4 N–H and O–H groups in total. The number of aliphatic hydroxyl groups excluding tert-OH is 1. The Kier molecular flexibility index (Phi) is 24.8. The van der Waals surface area contributed by atoms with E-state index in [1.807, 2.05) is 19.1 Å². The number of nitrogens with one attached hydrogen (secondary N) is 3. The Morgan fingerprint density at radius 2 is 1.56 bits per heavy atom. The van der Waals surface area contributed by atoms with Crippen molar-refractivity contribution in [3.8, 4) is 0 Å². The highest BCUT2D eigenvalue weighted by Crippen LogP contribution is 2.49. The van der Waals surface area contributed by atoms with E-state index in [0.717, 1.165) is 36.2 Å². The first-order chi connectivity index (χ1) is 35.0. The van der Waals surface area contributed by atoms with Gasteiger partial charge in [0.25, 0.3) is 0 Å². The number of aliphatic hydroxyl groups is 1. The van der Waals surface area contributed by atoms with Crippen molar-refractivity contribution in [2.45, 2.75) is 83.1 Å². The molecule has 21 nitrogen and oxygen atoms in total. The second-order valence-electron chi connectivity index (χ2n) is 17.4. The Morgan fingerprint density at radius 3 is 2.25 bits per heavy atom. The van der Waals surface area contributed by atoms with E-state index in [9.17, 15) is 29.1 Å². The zero-order chi connectivity index (χ0) is 51.7. The van der Waals surface area contributed by atoms with Crippen LogP contribution < -0.4 is 16.1 Å². The fourth-order valence-corrected chi connectivity index (χ4v) is 9.10. The molecule has 21 heteroatoms. The van der Waals surface area contributed by atoms with Gasteiger partial charge in [0.1, 0.15) is 50.7 Å². The van der Waals surface area contributed by atoms with Crippen molar-refractivity contribution >= 4 is 35.9 Å². The van der Waals surface area contributed by atoms with Gasteiger partial charge >= 0.3 is 0 Å². The smallest absolute Gasteiger partial charge is 0.240 e. The number of ketones is 1. The number of hydrazone groups is 1. The summed E-state index contributed by atoms with van der Waals surface area (Å²) in [6.07, 6.45) is 14.8. The minimum absolute atomic E-state index is 0.00163. The SMILES string of the molecule is COC1=CCC2C(=CC1=O)C(NC(O)COC1=CCC(C(C)=NNC(=O)CCC(=O)NCCOOCCOCCOCCOCOC3C=C(C=O)CC=C3C=O)CC1)CCC1C=C(OC)C(OC)=C(OC)C12. The molecule has 72 heavy (non-hydrogen) atoms. The number of nitrogens with zero attached hydrogens (tertiary/aromatic N) is 1. The van der Waals surface area contributed by atoms with Crippen molar-refractivity contribution in [3.63, 3.8) is 0 Å². The van der Waals surface area contributed by atoms with Crippen LogP contribution in [-0.2, 0) is 76.4 Å². The molecule has 0 saturated heterocycles. The number of allylic oxidation sites excluding steroid dienone is 8. The van der Waals surface area contributed by atoms with Gasteiger partial charge in [0.05, 0.1) is 73.8 Å². The number of hydrogen-bond donors (Lipinski definition) is 4. The van der Waals surface area contributed by atoms with Gasteiger partial charge in [-0.05, 0) is 98.8 Å². The van der Waals surface area contributed by atoms with Gasteiger partial charge in [-0.15, -0.1) is 0 Å². The van der Waals surface area contributed by atoms with E-state index in [-0.39, 0.29) is 112 Å². The number of ether oxygens (including phenoxy) is 9. The van der Waals surface area contributed by atoms with Crippen LogP contribution in [0.2, 0.25) is 0 Å². The summed E-state index contributed by atoms with van der Waals surface area (Å²) in [6, 6.07) is -0.333. The van der Waals surface area contributed by atoms with Gasteiger partial charge in [0.2, 0.25) is 17.6 Å². The van der Waals surface area contributed by atoms with E-state index in [2.05, 4.69) is 27.2 Å². The molecule has 0 aliphatic heterocycles. The van der Waals surface area contributed by atoms with Crippen LogP contribution in [0.4, 0.5) is 0 Å². The molecule has 0 spiro atoms. The van der Waals surface area contributed by atoms with E-state index >= 15 is 0 Å². The van der Waals surface area contributed by atoms with Crippen LogP contribution in [0.25, 0.3) is 0 Å². The van der Waals surface area contributed by atoms with Crippen LogP contribution in [-0.4, -0.2) is 154 Å². The van der Waals surface area contributed by atoms with Crippen LogP contribution in [0, 0.1) is 23.7 Å². The second-order valence-corrected chi connectivity index (χ2v) is 17.4. The summed E-state index contributed by atoms with van der Waals surface area (Å²) in [7, 11) is 6.28. The van der Waals surface area contributed by atoms with Gasteiger partial charge in [0.15, 0.2) is 17.3 Å². The number of carbonyl (C=O) groups excluding carboxylic acids is 5. The van der Waals surface area contributed by atoms with E-state index in [1.165, 1.54) is 7.11 Å². The predicted octanol–water partition coefficient (Wildman–Crippen LogP) is 3.47. The monoisotopic (exact) mass is 1010 g/mol. The molecule has 1 fully saturated rings. The summed E-state index contributed by atoms with van der Waals surface area (Å²) in [6.45, 7) is 3.77. The van der Waals surface area contributed by atoms with Crippen molar-refractivity contribution in [2.24, 2.45) is 28.8 Å². The molecule has 5 rings (SSSR count). The molecule has 0 aromatic rings. The fourth-order valence-electron chi connectivity index (χ4n) is 9.10. The van der Waals surface area contributed by atoms with E-state index < -0.39 is 12.3 Å². The average Bonchev–Trinajstić information content (AvgIpc) is 3.65. The largest absolute Gasteiger partial charge is 0.497 e. The molecule has 1 saturated carbocycles. The summed E-state index contributed by atoms with van der Waals surface area (Å²) in [5, 5.41) is 21.6. The zero-order valence-corrected chi connectivity index (χ0v) is 42.0. The molecule has 0 aromatic heterocycles. The molecular formula is C51H72N4O17. The van der Waals surface area contributed by atoms with Gasteiger partial charge in [-0.25, -0.2) is 15.2 Å². The van der Waals surface area contributed by atoms with Crippen LogP contribution in [0.5, 0.6) is 0 Å². The maximum atomic E-state index is 13.3. The minimum atomic E-state index is -1.03. The summed E-state index contributed by atoms with van der Waals surface area (Å²) in [5.41, 5.74) is 5.16. The number of rotatable bonds is 32. The van der Waals surface area contributed by atoms with Gasteiger partial charge in [0, 0.05) is 55.0 Å². The standard InChI is InChI=1S/C51H72N4O17/c1-33(54-55-47(60)17-16-46(59)52-18-19-71-72-25-24-67-21-20-66-22-23-68-32-70-44-26-34(29-56)6-7-37(44)30-57)35-8-11-38(12-9-35)69-31-48(61)53-41-14-10-36-27-45(63-3)50(64-4)51(65-5)49(36)39-13-15-43(62-2)42(58)28-40(39)41/h7,11,15,26-30,35-36,39,41,44,48-49,53,61H,6,8-10,12-14,16-25,31-32H2,1-5H3,(H,52,59)(H,55,60). The lowest BCUT2D eigenvalue weighted by atomic mass is 9.73. The highest BCUT2D eigenvalue weighted by atomic mass is 17.2. The number of carbonyl (C=O) groups is 5. The summed E-state index contributed by atoms with van der Waals surface area (Å²) >= 11 is 0. The molecule has 7 unspecified atom stereocenters. The number of amides is 2. The number of methoxy groups -OCH3 is 4. The second kappa shape index (κ2) is 31.2. The van der Waals surface area contributed by atoms with Crippen molar-refractivity contribution < 1.29 is 81.5 Å². The molecule has 7 atom stereocenters. The Bertz CT molecular complexity index is 2090. The lowest BCUT2D eigenvalue weighted by Crippen LogP contribution is -2.43. The normalized spacial score (nSPS) is 23.7. The lowest BCUT2D eigenvalue weighted by molar-refractivity contribution is -0.297. The third-order valence-corrected chi connectivity index (χ3v) is 12.8. The third kappa shape index (κ3) is 17.6. The summed E-state index contributed by atoms with van der Waals surface area (Å²) in [4.78, 5) is 70.3. The summed E-state index contributed by atoms with van der Waals surface area (Å²) in [5.74, 6) is 1.68. The van der Waals surface area contributed by atoms with Crippen molar-refractivity contribution in [1.82, 2.24) is 16.1 Å². The first-order valence-electron chi connectivity index (χ1n) is 24.4. The molecule has 5 aliphatic rings. The van der Waals surface area contributed by atoms with Crippen LogP contribution >= 0.6 is 0 Å². The highest BCUT2D eigenvalue weighted by molar-refractivity contribution is 6.03. The van der Waals surface area contributed by atoms with Gasteiger partial charge < -0.3 is 53.1 Å². The van der Waals surface area contributed by atoms with Crippen molar-refractivity contribution in [2.75, 3.05) is 94.6 Å². The Morgan fingerprint density at radius 1 is 0.819 bits per heavy atom. The Balaban J connectivity index is 0.899. The average molecular weight is 1010 g/mol. The van der Waals surface area contributed by atoms with Crippen LogP contribution in [0.3, 0.4) is 0 Å². The first kappa shape index (κ1) is 57.4. The highest BCUT2D eigenvalue weighted by Gasteiger charge is 2.45. The molecule has 398 valence electrons. The minimum Gasteiger partial charge on any atom is -0.497 e. The third-order valence-electron chi connectivity index (χ3n) is 12.8. The van der Waals surface area contributed by atoms with Gasteiger partial charge in [-0.2, -0.15) is 5.10 Å². The van der Waals surface area contributed by atoms with E-state index in [4.69, 9.17) is 52.4 Å².